The molecule has 1 aliphatic rings. The maximum Gasteiger partial charge on any atom is 0.335 e. The van der Waals surface area contributed by atoms with Crippen LogP contribution in [0.2, 0.25) is 0 Å². The standard InChI is InChI=1S/C59H102O12/c1-4-7-10-13-16-19-21-23-25-26-28-29-31-34-36-39-42-45-51(60)67-48-50(69-52(61)46-43-40-38-35-32-30-27-24-22-20-17-14-11-8-5-2)49-68-59-57(55(64)54(63)56(71-59)58(65)66)70-53(62)47-44-41-37-33-18-15-12-9-6-3/h7,10,16,19,23-25,27,50,54-57,59,63-64H,4-6,8-9,11-15,17-18,20-22,26,28-49H2,1-3H3,(H,65,66)/b10-7-,19-16-,25-23-,27-24-. The first-order valence-corrected chi connectivity index (χ1v) is 28.6. The number of carboxylic acids is 1. The van der Waals surface area contributed by atoms with E-state index in [2.05, 4.69) is 69.4 Å². The van der Waals surface area contributed by atoms with E-state index in [1.165, 1.54) is 77.0 Å². The minimum Gasteiger partial charge on any atom is -0.479 e. The first-order chi connectivity index (χ1) is 34.6. The molecule has 1 fully saturated rings. The minimum absolute atomic E-state index is 0.0605. The third-order valence-electron chi connectivity index (χ3n) is 12.9. The summed E-state index contributed by atoms with van der Waals surface area (Å²) in [6, 6.07) is 0. The molecule has 1 heterocycles. The molecule has 0 spiro atoms. The number of unbranched alkanes of at least 4 members (excludes halogenated alkanes) is 26. The zero-order valence-corrected chi connectivity index (χ0v) is 45.0. The maximum absolute atomic E-state index is 13.1. The highest BCUT2D eigenvalue weighted by atomic mass is 16.7. The van der Waals surface area contributed by atoms with Crippen LogP contribution in [0.1, 0.15) is 252 Å². The number of carbonyl (C=O) groups excluding carboxylic acids is 3. The number of esters is 3. The number of allylic oxidation sites excluding steroid dienone is 8. The normalized spacial score (nSPS) is 18.8. The molecular weight excluding hydrogens is 901 g/mol. The van der Waals surface area contributed by atoms with Crippen LogP contribution in [0.15, 0.2) is 48.6 Å². The molecule has 6 atom stereocenters. The lowest BCUT2D eigenvalue weighted by Crippen LogP contribution is -2.61. The molecule has 12 heteroatoms. The Balaban J connectivity index is 2.69. The second-order valence-electron chi connectivity index (χ2n) is 19.5. The van der Waals surface area contributed by atoms with Crippen molar-refractivity contribution in [3.63, 3.8) is 0 Å². The van der Waals surface area contributed by atoms with Crippen LogP contribution >= 0.6 is 0 Å². The van der Waals surface area contributed by atoms with Crippen LogP contribution in [0.3, 0.4) is 0 Å². The van der Waals surface area contributed by atoms with Gasteiger partial charge >= 0.3 is 23.9 Å². The molecule has 0 bridgehead atoms. The van der Waals surface area contributed by atoms with Crippen molar-refractivity contribution in [3.05, 3.63) is 48.6 Å². The molecule has 0 aromatic rings. The van der Waals surface area contributed by atoms with Crippen LogP contribution in [-0.4, -0.2) is 89.2 Å². The van der Waals surface area contributed by atoms with E-state index in [0.717, 1.165) is 116 Å². The van der Waals surface area contributed by atoms with Crippen molar-refractivity contribution < 1.29 is 58.2 Å². The minimum atomic E-state index is -1.90. The van der Waals surface area contributed by atoms with Crippen molar-refractivity contribution in [3.8, 4) is 0 Å². The molecule has 0 amide bonds. The fraction of sp³-hybridized carbons (Fsp3) is 0.797. The molecule has 12 nitrogen and oxygen atoms in total. The van der Waals surface area contributed by atoms with Gasteiger partial charge in [-0.25, -0.2) is 4.79 Å². The summed E-state index contributed by atoms with van der Waals surface area (Å²) in [5, 5.41) is 31.3. The van der Waals surface area contributed by atoms with Crippen LogP contribution in [0.25, 0.3) is 0 Å². The summed E-state index contributed by atoms with van der Waals surface area (Å²) < 4.78 is 28.3. The summed E-state index contributed by atoms with van der Waals surface area (Å²) in [5.41, 5.74) is 0. The molecule has 0 aromatic carbocycles. The number of carboxylic acid groups (broad SMARTS) is 1. The SMILES string of the molecule is CC/C=C\C/C=C\C/C=C\CCCCCCCCCC(=O)OCC(COC1OC(C(=O)O)C(O)C(O)C1OC(=O)CCCCCCCCCCC)OC(=O)CCCCCCC/C=C\CCCCCCCC. The highest BCUT2D eigenvalue weighted by Crippen LogP contribution is 2.26. The summed E-state index contributed by atoms with van der Waals surface area (Å²) in [6.07, 6.45) is 43.8. The zero-order valence-electron chi connectivity index (χ0n) is 45.0. The smallest absolute Gasteiger partial charge is 0.335 e. The van der Waals surface area contributed by atoms with Crippen molar-refractivity contribution in [1.82, 2.24) is 0 Å². The Morgan fingerprint density at radius 2 is 0.887 bits per heavy atom. The van der Waals surface area contributed by atoms with Crippen LogP contribution in [0, 0.1) is 0 Å². The van der Waals surface area contributed by atoms with E-state index in [-0.39, 0.29) is 25.9 Å². The molecule has 0 aliphatic carbocycles. The van der Waals surface area contributed by atoms with Crippen LogP contribution in [-0.2, 0) is 42.9 Å². The van der Waals surface area contributed by atoms with E-state index < -0.39 is 67.3 Å². The van der Waals surface area contributed by atoms with Gasteiger partial charge in [0.1, 0.15) is 18.8 Å². The summed E-state index contributed by atoms with van der Waals surface area (Å²) in [7, 11) is 0. The fourth-order valence-electron chi connectivity index (χ4n) is 8.49. The summed E-state index contributed by atoms with van der Waals surface area (Å²) in [4.78, 5) is 50.9. The molecule has 1 aliphatic heterocycles. The molecule has 0 radical (unpaired) electrons. The van der Waals surface area contributed by atoms with Gasteiger partial charge in [0.15, 0.2) is 24.6 Å². The second-order valence-corrected chi connectivity index (χ2v) is 19.5. The van der Waals surface area contributed by atoms with E-state index in [4.69, 9.17) is 23.7 Å². The monoisotopic (exact) mass is 1000 g/mol. The van der Waals surface area contributed by atoms with Gasteiger partial charge in [0.2, 0.25) is 0 Å². The third kappa shape index (κ3) is 38.0. The Hall–Kier alpha value is -3.32. The average Bonchev–Trinajstić information content (AvgIpc) is 3.35. The Bertz CT molecular complexity index is 1420. The van der Waals surface area contributed by atoms with Crippen molar-refractivity contribution in [2.75, 3.05) is 13.2 Å². The van der Waals surface area contributed by atoms with Crippen LogP contribution < -0.4 is 0 Å². The fourth-order valence-corrected chi connectivity index (χ4v) is 8.49. The quantitative estimate of drug-likeness (QED) is 0.0228. The first-order valence-electron chi connectivity index (χ1n) is 28.6. The van der Waals surface area contributed by atoms with Gasteiger partial charge in [-0.1, -0.05) is 204 Å². The number of aliphatic hydroxyl groups is 2. The van der Waals surface area contributed by atoms with Gasteiger partial charge in [-0.3, -0.25) is 14.4 Å². The van der Waals surface area contributed by atoms with Crippen molar-refractivity contribution >= 4 is 23.9 Å². The van der Waals surface area contributed by atoms with E-state index >= 15 is 0 Å². The number of aliphatic hydroxyl groups excluding tert-OH is 2. The largest absolute Gasteiger partial charge is 0.479 e. The highest BCUT2D eigenvalue weighted by Gasteiger charge is 2.50. The predicted molar refractivity (Wildman–Crippen MR) is 285 cm³/mol. The summed E-state index contributed by atoms with van der Waals surface area (Å²) >= 11 is 0. The lowest BCUT2D eigenvalue weighted by molar-refractivity contribution is -0.301. The third-order valence-corrected chi connectivity index (χ3v) is 12.9. The Morgan fingerprint density at radius 1 is 0.479 bits per heavy atom. The van der Waals surface area contributed by atoms with Gasteiger partial charge in [-0.15, -0.1) is 0 Å². The Kier molecular flexibility index (Phi) is 44.1. The second kappa shape index (κ2) is 47.7. The molecule has 71 heavy (non-hydrogen) atoms. The average molecular weight is 1000 g/mol. The van der Waals surface area contributed by atoms with Crippen molar-refractivity contribution in [1.29, 1.82) is 0 Å². The maximum atomic E-state index is 13.1. The van der Waals surface area contributed by atoms with E-state index in [1.54, 1.807) is 0 Å². The number of hydrogen-bond acceptors (Lipinski definition) is 11. The Labute approximate surface area is 431 Å². The zero-order chi connectivity index (χ0) is 51.8. The lowest BCUT2D eigenvalue weighted by Gasteiger charge is -2.40. The predicted octanol–water partition coefficient (Wildman–Crippen LogP) is 14.2. The highest BCUT2D eigenvalue weighted by molar-refractivity contribution is 5.74. The molecular formula is C59H102O12. The van der Waals surface area contributed by atoms with Gasteiger partial charge in [0.25, 0.3) is 0 Å². The van der Waals surface area contributed by atoms with Crippen LogP contribution in [0.4, 0.5) is 0 Å². The lowest BCUT2D eigenvalue weighted by atomic mass is 9.98. The van der Waals surface area contributed by atoms with Crippen LogP contribution in [0.5, 0.6) is 0 Å². The molecule has 0 saturated carbocycles. The number of ether oxygens (including phenoxy) is 5. The van der Waals surface area contributed by atoms with Crippen molar-refractivity contribution in [2.45, 2.75) is 289 Å². The topological polar surface area (TPSA) is 175 Å². The van der Waals surface area contributed by atoms with E-state index in [9.17, 15) is 34.5 Å². The van der Waals surface area contributed by atoms with Gasteiger partial charge in [-0.2, -0.15) is 0 Å². The summed E-state index contributed by atoms with van der Waals surface area (Å²) in [6.45, 7) is 5.83. The van der Waals surface area contributed by atoms with E-state index in [0.29, 0.717) is 19.3 Å². The van der Waals surface area contributed by atoms with Gasteiger partial charge in [0, 0.05) is 19.3 Å². The molecule has 6 unspecified atom stereocenters. The van der Waals surface area contributed by atoms with Gasteiger partial charge in [-0.05, 0) is 77.0 Å². The first kappa shape index (κ1) is 65.7. The van der Waals surface area contributed by atoms with Gasteiger partial charge in [0.05, 0.1) is 6.61 Å². The van der Waals surface area contributed by atoms with Gasteiger partial charge < -0.3 is 39.0 Å². The molecule has 410 valence electrons. The number of rotatable bonds is 48. The molecule has 1 rings (SSSR count). The number of hydrogen-bond donors (Lipinski definition) is 3. The summed E-state index contributed by atoms with van der Waals surface area (Å²) in [5.74, 6) is -3.13. The molecule has 0 aromatic heterocycles. The number of carbonyl (C=O) groups is 4. The molecule has 1 saturated heterocycles. The van der Waals surface area contributed by atoms with Crippen molar-refractivity contribution in [2.24, 2.45) is 0 Å². The number of aliphatic carboxylic acids is 1. The Morgan fingerprint density at radius 3 is 1.37 bits per heavy atom. The molecule has 3 N–H and O–H groups in total. The van der Waals surface area contributed by atoms with E-state index in [1.807, 2.05) is 0 Å².